The molecular weight excluding hydrogens is 548 g/mol. The zero-order chi connectivity index (χ0) is 29.7. The summed E-state index contributed by atoms with van der Waals surface area (Å²) in [6.45, 7) is 4.63. The minimum Gasteiger partial charge on any atom is -0.462 e. The van der Waals surface area contributed by atoms with Crippen molar-refractivity contribution in [3.05, 3.63) is 83.9 Å². The second-order valence-corrected chi connectivity index (χ2v) is 9.38. The summed E-state index contributed by atoms with van der Waals surface area (Å²) in [5.74, 6) is 1.29. The number of benzene rings is 3. The Morgan fingerprint density at radius 3 is 1.88 bits per heavy atom. The molecule has 0 unspecified atom stereocenters. The second-order valence-electron chi connectivity index (χ2n) is 9.38. The smallest absolute Gasteiger partial charge is 0.373 e. The first-order valence-corrected chi connectivity index (χ1v) is 13.7. The fraction of sp³-hybridized carbons (Fsp3) is 0.273. The molecule has 222 valence electrons. The van der Waals surface area contributed by atoms with Crippen molar-refractivity contribution in [2.24, 2.45) is 0 Å². The molecule has 43 heavy (non-hydrogen) atoms. The number of hydrogen-bond donors (Lipinski definition) is 0. The van der Waals surface area contributed by atoms with Crippen LogP contribution in [0.5, 0.6) is 0 Å². The van der Waals surface area contributed by atoms with E-state index in [2.05, 4.69) is 39.3 Å². The van der Waals surface area contributed by atoms with Crippen LogP contribution in [0.25, 0.3) is 45.7 Å². The van der Waals surface area contributed by atoms with Crippen LogP contribution in [-0.4, -0.2) is 39.0 Å². The molecule has 0 saturated carbocycles. The molecule has 0 aliphatic heterocycles. The molecule has 0 aliphatic rings. The maximum Gasteiger partial charge on any atom is 0.373 e. The number of hydrogen-bond acceptors (Lipinski definition) is 10. The third-order valence-corrected chi connectivity index (χ3v) is 6.30. The third-order valence-electron chi connectivity index (χ3n) is 6.30. The minimum absolute atomic E-state index is 0. The normalized spacial score (nSPS) is 10.2. The van der Waals surface area contributed by atoms with Crippen LogP contribution < -0.4 is 0 Å². The summed E-state index contributed by atoms with van der Waals surface area (Å²) < 4.78 is 16.5. The van der Waals surface area contributed by atoms with E-state index >= 15 is 0 Å². The molecule has 0 atom stereocenters. The van der Waals surface area contributed by atoms with Crippen molar-refractivity contribution >= 4 is 12.1 Å². The molecule has 0 amide bonds. The Kier molecular flexibility index (Phi) is 12.2. The van der Waals surface area contributed by atoms with Gasteiger partial charge in [0.05, 0.1) is 12.2 Å². The first-order chi connectivity index (χ1) is 20.6. The lowest BCUT2D eigenvalue weighted by Gasteiger charge is -2.04. The number of aryl methyl sites for hydroxylation is 1. The molecule has 5 aromatic rings. The Hall–Kier alpha value is -5.21. The standard InChI is InChI=1S/C31H30N4O4.CO2.CH4/c1-3-5-10-21-11-7-12-22(18-21)27-32-29(38-34-27)24-14-9-15-25(20-24)30-33-28(35-39-30)23-13-8-16-26(19-23)31(36)37-17-6-4-2;2-1-3;/h7-9,11-16,18-20H,3-6,10,17H2,1-2H3;;1H4. The van der Waals surface area contributed by atoms with Gasteiger partial charge in [0.2, 0.25) is 11.6 Å². The molecule has 10 nitrogen and oxygen atoms in total. The fourth-order valence-corrected chi connectivity index (χ4v) is 4.13. The second kappa shape index (κ2) is 16.3. The van der Waals surface area contributed by atoms with E-state index in [1.165, 1.54) is 5.56 Å². The summed E-state index contributed by atoms with van der Waals surface area (Å²) in [6, 6.07) is 22.8. The van der Waals surface area contributed by atoms with Gasteiger partial charge in [0, 0.05) is 22.3 Å². The average Bonchev–Trinajstić information content (AvgIpc) is 3.72. The van der Waals surface area contributed by atoms with E-state index < -0.39 is 0 Å². The van der Waals surface area contributed by atoms with Gasteiger partial charge in [0.15, 0.2) is 0 Å². The fourth-order valence-electron chi connectivity index (χ4n) is 4.13. The number of unbranched alkanes of at least 4 members (excludes halogenated alkanes) is 2. The van der Waals surface area contributed by atoms with Crippen LogP contribution in [0.2, 0.25) is 0 Å². The Balaban J connectivity index is 0.00000121. The predicted octanol–water partition coefficient (Wildman–Crippen LogP) is 7.47. The molecule has 2 aromatic heterocycles. The number of carbonyl (C=O) groups excluding carboxylic acids is 3. The Morgan fingerprint density at radius 1 is 0.744 bits per heavy atom. The van der Waals surface area contributed by atoms with Crippen LogP contribution >= 0.6 is 0 Å². The first-order valence-electron chi connectivity index (χ1n) is 13.7. The zero-order valence-corrected chi connectivity index (χ0v) is 23.4. The summed E-state index contributed by atoms with van der Waals surface area (Å²) in [5, 5.41) is 8.33. The lowest BCUT2D eigenvalue weighted by molar-refractivity contribution is -0.191. The number of rotatable bonds is 11. The molecule has 10 heteroatoms. The van der Waals surface area contributed by atoms with Crippen molar-refractivity contribution in [1.82, 2.24) is 20.3 Å². The van der Waals surface area contributed by atoms with E-state index in [0.29, 0.717) is 46.7 Å². The highest BCUT2D eigenvalue weighted by Gasteiger charge is 2.16. The monoisotopic (exact) mass is 582 g/mol. The van der Waals surface area contributed by atoms with Crippen molar-refractivity contribution in [3.8, 4) is 45.7 Å². The largest absolute Gasteiger partial charge is 0.462 e. The average molecular weight is 583 g/mol. The lowest BCUT2D eigenvalue weighted by atomic mass is 10.1. The van der Waals surface area contributed by atoms with Crippen LogP contribution in [0.4, 0.5) is 0 Å². The van der Waals surface area contributed by atoms with Gasteiger partial charge in [-0.3, -0.25) is 0 Å². The molecule has 0 N–H and O–H groups in total. The third kappa shape index (κ3) is 8.64. The topological polar surface area (TPSA) is 138 Å². The quantitative estimate of drug-likeness (QED) is 0.114. The van der Waals surface area contributed by atoms with Crippen LogP contribution in [0, 0.1) is 0 Å². The summed E-state index contributed by atoms with van der Waals surface area (Å²) in [5.41, 5.74) is 4.74. The zero-order valence-electron chi connectivity index (χ0n) is 23.4. The first kappa shape index (κ1) is 32.3. The molecule has 0 spiro atoms. The SMILES string of the molecule is C.CCCCOC(=O)c1cccc(-c2noc(-c3cccc(-c4nc(-c5cccc(CCCC)c5)no4)c3)n2)c1.O=C=O. The van der Waals surface area contributed by atoms with Crippen molar-refractivity contribution in [1.29, 1.82) is 0 Å². The summed E-state index contributed by atoms with van der Waals surface area (Å²) in [4.78, 5) is 37.8. The molecule has 0 fully saturated rings. The van der Waals surface area contributed by atoms with Gasteiger partial charge in [-0.05, 0) is 61.2 Å². The number of nitrogens with zero attached hydrogens (tertiary/aromatic N) is 4. The maximum atomic E-state index is 12.3. The van der Waals surface area contributed by atoms with E-state index in [1.54, 1.807) is 18.2 Å². The van der Waals surface area contributed by atoms with Crippen LogP contribution in [-0.2, 0) is 20.7 Å². The van der Waals surface area contributed by atoms with E-state index in [0.717, 1.165) is 43.2 Å². The molecular formula is C33H34N4O6. The highest BCUT2D eigenvalue weighted by atomic mass is 16.5. The molecule has 0 saturated heterocycles. The molecule has 5 rings (SSSR count). The number of ether oxygens (including phenoxy) is 1. The predicted molar refractivity (Wildman–Crippen MR) is 159 cm³/mol. The van der Waals surface area contributed by atoms with Crippen molar-refractivity contribution in [2.45, 2.75) is 53.4 Å². The van der Waals surface area contributed by atoms with Gasteiger partial charge in [-0.1, -0.05) is 80.8 Å². The summed E-state index contributed by atoms with van der Waals surface area (Å²) in [7, 11) is 0. The van der Waals surface area contributed by atoms with Crippen molar-refractivity contribution in [3.63, 3.8) is 0 Å². The van der Waals surface area contributed by atoms with Gasteiger partial charge in [0.25, 0.3) is 11.8 Å². The van der Waals surface area contributed by atoms with Gasteiger partial charge in [-0.2, -0.15) is 19.6 Å². The highest BCUT2D eigenvalue weighted by molar-refractivity contribution is 5.90. The number of esters is 1. The minimum atomic E-state index is -0.367. The lowest BCUT2D eigenvalue weighted by Crippen LogP contribution is -2.06. The summed E-state index contributed by atoms with van der Waals surface area (Å²) in [6.07, 6.45) is 5.35. The van der Waals surface area contributed by atoms with Crippen molar-refractivity contribution in [2.75, 3.05) is 6.61 Å². The molecule has 0 bridgehead atoms. The number of carbonyl (C=O) groups is 1. The Labute approximate surface area is 250 Å². The molecule has 2 heterocycles. The van der Waals surface area contributed by atoms with Crippen molar-refractivity contribution < 1.29 is 28.2 Å². The molecule has 0 radical (unpaired) electrons. The van der Waals surface area contributed by atoms with Gasteiger partial charge < -0.3 is 13.8 Å². The van der Waals surface area contributed by atoms with Gasteiger partial charge in [-0.25, -0.2) is 4.79 Å². The van der Waals surface area contributed by atoms with Gasteiger partial charge in [0.1, 0.15) is 0 Å². The van der Waals surface area contributed by atoms with Crippen LogP contribution in [0.15, 0.2) is 81.8 Å². The molecule has 0 aliphatic carbocycles. The number of aromatic nitrogens is 4. The van der Waals surface area contributed by atoms with Crippen LogP contribution in [0.1, 0.15) is 62.9 Å². The Bertz CT molecular complexity index is 1650. The Morgan fingerprint density at radius 2 is 1.28 bits per heavy atom. The van der Waals surface area contributed by atoms with Gasteiger partial charge in [-0.15, -0.1) is 0 Å². The van der Waals surface area contributed by atoms with E-state index in [9.17, 15) is 4.79 Å². The van der Waals surface area contributed by atoms with E-state index in [-0.39, 0.29) is 19.5 Å². The van der Waals surface area contributed by atoms with Gasteiger partial charge >= 0.3 is 12.1 Å². The van der Waals surface area contributed by atoms with Crippen LogP contribution in [0.3, 0.4) is 0 Å². The molecule has 3 aromatic carbocycles. The highest BCUT2D eigenvalue weighted by Crippen LogP contribution is 2.28. The van der Waals surface area contributed by atoms with E-state index in [1.807, 2.05) is 49.4 Å². The van der Waals surface area contributed by atoms with E-state index in [4.69, 9.17) is 23.4 Å². The maximum absolute atomic E-state index is 12.3. The summed E-state index contributed by atoms with van der Waals surface area (Å²) >= 11 is 0.